The highest BCUT2D eigenvalue weighted by Gasteiger charge is 2.34. The van der Waals surface area contributed by atoms with Crippen LogP contribution in [-0.2, 0) is 26.2 Å². The number of methoxy groups -OCH3 is 3. The van der Waals surface area contributed by atoms with E-state index in [4.69, 9.17) is 37.4 Å². The third-order valence-electron chi connectivity index (χ3n) is 6.61. The summed E-state index contributed by atoms with van der Waals surface area (Å²) in [5.74, 6) is -0.345. The Labute approximate surface area is 262 Å². The van der Waals surface area contributed by atoms with E-state index >= 15 is 0 Å². The lowest BCUT2D eigenvalue weighted by Gasteiger charge is -2.32. The first-order valence-corrected chi connectivity index (χ1v) is 15.6. The van der Waals surface area contributed by atoms with Crippen molar-refractivity contribution in [2.24, 2.45) is 0 Å². The van der Waals surface area contributed by atoms with E-state index in [1.165, 1.54) is 56.6 Å². The minimum absolute atomic E-state index is 0.0215. The van der Waals surface area contributed by atoms with Gasteiger partial charge in [-0.25, -0.2) is 8.42 Å². The number of benzene rings is 3. The van der Waals surface area contributed by atoms with Gasteiger partial charge in [-0.2, -0.15) is 0 Å². The van der Waals surface area contributed by atoms with Crippen molar-refractivity contribution in [2.75, 3.05) is 38.7 Å². The lowest BCUT2D eigenvalue weighted by Crippen LogP contribution is -2.51. The summed E-state index contributed by atoms with van der Waals surface area (Å²) in [5, 5.41) is 3.54. The van der Waals surface area contributed by atoms with Crippen LogP contribution in [0, 0.1) is 0 Å². The number of sulfonamides is 1. The number of nitrogens with zero attached hydrogens (tertiary/aromatic N) is 2. The zero-order valence-electron chi connectivity index (χ0n) is 24.6. The molecule has 0 aliphatic heterocycles. The standard InChI is InChI=1S/C30H35Cl2N3O7S/c1-6-15-33-30(37)20(2)34(18-21-7-9-22(31)10-8-21)29(36)19-35(25-16-23(32)11-13-26(25)40-3)43(38,39)24-12-14-27(41-4)28(17-24)42-5/h7-14,16-17,20H,6,15,18-19H2,1-5H3,(H,33,37)/t20-/m0/s1. The summed E-state index contributed by atoms with van der Waals surface area (Å²) in [6, 6.07) is 14.4. The number of carbonyl (C=O) groups excluding carboxylic acids is 2. The molecule has 0 radical (unpaired) electrons. The number of hydrogen-bond donors (Lipinski definition) is 1. The van der Waals surface area contributed by atoms with Gasteiger partial charge in [0.1, 0.15) is 18.3 Å². The molecular formula is C30H35Cl2N3O7S. The van der Waals surface area contributed by atoms with E-state index in [-0.39, 0.29) is 39.6 Å². The zero-order valence-corrected chi connectivity index (χ0v) is 26.9. The van der Waals surface area contributed by atoms with Gasteiger partial charge in [0, 0.05) is 29.2 Å². The molecule has 43 heavy (non-hydrogen) atoms. The van der Waals surface area contributed by atoms with E-state index in [2.05, 4.69) is 5.32 Å². The van der Waals surface area contributed by atoms with Crippen LogP contribution in [0.25, 0.3) is 0 Å². The molecule has 3 rings (SSSR count). The molecule has 1 N–H and O–H groups in total. The third kappa shape index (κ3) is 8.25. The minimum atomic E-state index is -4.43. The van der Waals surface area contributed by atoms with Crippen LogP contribution in [0.1, 0.15) is 25.8 Å². The van der Waals surface area contributed by atoms with Gasteiger partial charge in [0.05, 0.1) is 31.9 Å². The molecule has 0 aromatic heterocycles. The number of nitrogens with one attached hydrogen (secondary N) is 1. The molecule has 0 aliphatic rings. The lowest BCUT2D eigenvalue weighted by molar-refractivity contribution is -0.139. The van der Waals surface area contributed by atoms with Gasteiger partial charge in [-0.05, 0) is 61.4 Å². The molecular weight excluding hydrogens is 617 g/mol. The van der Waals surface area contributed by atoms with Crippen LogP contribution >= 0.6 is 23.2 Å². The second-order valence-electron chi connectivity index (χ2n) is 9.46. The summed E-state index contributed by atoms with van der Waals surface area (Å²) in [4.78, 5) is 28.3. The Morgan fingerprint density at radius 1 is 0.860 bits per heavy atom. The molecule has 0 bridgehead atoms. The number of carbonyl (C=O) groups is 2. The van der Waals surface area contributed by atoms with E-state index < -0.39 is 28.5 Å². The summed E-state index contributed by atoms with van der Waals surface area (Å²) in [5.41, 5.74) is 0.732. The molecule has 0 aliphatic carbocycles. The van der Waals surface area contributed by atoms with E-state index in [0.29, 0.717) is 29.3 Å². The number of rotatable bonds is 14. The van der Waals surface area contributed by atoms with Gasteiger partial charge in [0.2, 0.25) is 11.8 Å². The van der Waals surface area contributed by atoms with Crippen LogP contribution in [0.15, 0.2) is 65.6 Å². The van der Waals surface area contributed by atoms with Gasteiger partial charge in [-0.1, -0.05) is 42.3 Å². The Balaban J connectivity index is 2.13. The van der Waals surface area contributed by atoms with Crippen molar-refractivity contribution in [3.05, 3.63) is 76.3 Å². The van der Waals surface area contributed by atoms with Crippen molar-refractivity contribution in [2.45, 2.75) is 37.8 Å². The number of hydrogen-bond acceptors (Lipinski definition) is 7. The highest BCUT2D eigenvalue weighted by molar-refractivity contribution is 7.92. The van der Waals surface area contributed by atoms with Crippen molar-refractivity contribution in [3.8, 4) is 17.2 Å². The van der Waals surface area contributed by atoms with Crippen molar-refractivity contribution < 1.29 is 32.2 Å². The highest BCUT2D eigenvalue weighted by atomic mass is 35.5. The number of ether oxygens (including phenoxy) is 3. The minimum Gasteiger partial charge on any atom is -0.495 e. The van der Waals surface area contributed by atoms with Gasteiger partial charge in [0.25, 0.3) is 10.0 Å². The molecule has 0 saturated carbocycles. The Bertz CT molecular complexity index is 1540. The molecule has 232 valence electrons. The van der Waals surface area contributed by atoms with E-state index in [0.717, 1.165) is 4.31 Å². The SMILES string of the molecule is CCCNC(=O)[C@H](C)N(Cc1ccc(Cl)cc1)C(=O)CN(c1cc(Cl)ccc1OC)S(=O)(=O)c1ccc(OC)c(OC)c1. The molecule has 2 amide bonds. The maximum absolute atomic E-state index is 14.2. The Morgan fingerprint density at radius 3 is 2.07 bits per heavy atom. The highest BCUT2D eigenvalue weighted by Crippen LogP contribution is 2.37. The first kappa shape index (κ1) is 33.8. The summed E-state index contributed by atoms with van der Waals surface area (Å²) >= 11 is 12.3. The van der Waals surface area contributed by atoms with Crippen molar-refractivity contribution >= 4 is 50.7 Å². The van der Waals surface area contributed by atoms with Crippen LogP contribution in [-0.4, -0.2) is 65.6 Å². The van der Waals surface area contributed by atoms with E-state index in [1.807, 2.05) is 6.92 Å². The molecule has 0 saturated heterocycles. The second kappa shape index (κ2) is 15.2. The number of anilines is 1. The molecule has 0 heterocycles. The van der Waals surface area contributed by atoms with Crippen LogP contribution in [0.5, 0.6) is 17.2 Å². The molecule has 0 spiro atoms. The van der Waals surface area contributed by atoms with E-state index in [9.17, 15) is 18.0 Å². The fourth-order valence-corrected chi connectivity index (χ4v) is 5.97. The second-order valence-corrected chi connectivity index (χ2v) is 12.2. The maximum Gasteiger partial charge on any atom is 0.265 e. The largest absolute Gasteiger partial charge is 0.495 e. The average Bonchev–Trinajstić information content (AvgIpc) is 3.01. The fraction of sp³-hybridized carbons (Fsp3) is 0.333. The van der Waals surface area contributed by atoms with Crippen LogP contribution < -0.4 is 23.8 Å². The lowest BCUT2D eigenvalue weighted by atomic mass is 10.1. The molecule has 13 heteroatoms. The van der Waals surface area contributed by atoms with Gasteiger partial charge in [-0.15, -0.1) is 0 Å². The summed E-state index contributed by atoms with van der Waals surface area (Å²) < 4.78 is 45.4. The smallest absolute Gasteiger partial charge is 0.265 e. The number of halogens is 2. The zero-order chi connectivity index (χ0) is 31.7. The molecule has 1 atom stereocenters. The van der Waals surface area contributed by atoms with Crippen LogP contribution in [0.4, 0.5) is 5.69 Å². The quantitative estimate of drug-likeness (QED) is 0.256. The molecule has 0 unspecified atom stereocenters. The van der Waals surface area contributed by atoms with E-state index in [1.54, 1.807) is 37.3 Å². The molecule has 0 fully saturated rings. The first-order valence-electron chi connectivity index (χ1n) is 13.4. The predicted octanol–water partition coefficient (Wildman–Crippen LogP) is 5.16. The number of amides is 2. The Morgan fingerprint density at radius 2 is 1.47 bits per heavy atom. The predicted molar refractivity (Wildman–Crippen MR) is 167 cm³/mol. The first-order chi connectivity index (χ1) is 20.5. The van der Waals surface area contributed by atoms with Gasteiger partial charge in [-0.3, -0.25) is 13.9 Å². The normalized spacial score (nSPS) is 11.8. The summed E-state index contributed by atoms with van der Waals surface area (Å²) in [6.45, 7) is 3.27. The van der Waals surface area contributed by atoms with Crippen LogP contribution in [0.3, 0.4) is 0 Å². The molecule has 3 aromatic rings. The topological polar surface area (TPSA) is 114 Å². The molecule has 3 aromatic carbocycles. The van der Waals surface area contributed by atoms with Crippen molar-refractivity contribution in [3.63, 3.8) is 0 Å². The maximum atomic E-state index is 14.2. The Kier molecular flexibility index (Phi) is 11.9. The van der Waals surface area contributed by atoms with Crippen LogP contribution in [0.2, 0.25) is 10.0 Å². The van der Waals surface area contributed by atoms with Crippen molar-refractivity contribution in [1.82, 2.24) is 10.2 Å². The average molecular weight is 653 g/mol. The summed E-state index contributed by atoms with van der Waals surface area (Å²) in [7, 11) is -0.241. The summed E-state index contributed by atoms with van der Waals surface area (Å²) in [6.07, 6.45) is 0.704. The Hall–Kier alpha value is -3.67. The van der Waals surface area contributed by atoms with Gasteiger partial charge >= 0.3 is 0 Å². The van der Waals surface area contributed by atoms with Gasteiger partial charge in [0.15, 0.2) is 11.5 Å². The van der Waals surface area contributed by atoms with Gasteiger partial charge < -0.3 is 24.4 Å². The van der Waals surface area contributed by atoms with Crippen molar-refractivity contribution in [1.29, 1.82) is 0 Å². The molecule has 10 nitrogen and oxygen atoms in total. The third-order valence-corrected chi connectivity index (χ3v) is 8.86. The fourth-order valence-electron chi connectivity index (χ4n) is 4.24. The monoisotopic (exact) mass is 651 g/mol.